The molecule has 0 radical (unpaired) electrons. The van der Waals surface area contributed by atoms with Gasteiger partial charge in [-0.2, -0.15) is 0 Å². The zero-order valence-corrected chi connectivity index (χ0v) is 13.1. The minimum Gasteiger partial charge on any atom is -0.519 e. The molecule has 0 aliphatic carbocycles. The zero-order chi connectivity index (χ0) is 13.8. The highest BCUT2D eigenvalue weighted by molar-refractivity contribution is 6.75. The second-order valence-electron chi connectivity index (χ2n) is 4.83. The minimum atomic E-state index is -1.86. The SMILES string of the molecule is CC[Si](CC)(CC)OC(=O)C(C)c1ccc(C)o1. The molecule has 3 nitrogen and oxygen atoms in total. The van der Waals surface area contributed by atoms with Gasteiger partial charge in [-0.25, -0.2) is 0 Å². The average Bonchev–Trinajstić information content (AvgIpc) is 2.81. The van der Waals surface area contributed by atoms with Crippen molar-refractivity contribution in [2.75, 3.05) is 0 Å². The minimum absolute atomic E-state index is 0.137. The quantitative estimate of drug-likeness (QED) is 0.724. The van der Waals surface area contributed by atoms with E-state index in [2.05, 4.69) is 20.8 Å². The van der Waals surface area contributed by atoms with Crippen LogP contribution in [0.4, 0.5) is 0 Å². The van der Waals surface area contributed by atoms with Crippen molar-refractivity contribution in [3.63, 3.8) is 0 Å². The number of carbonyl (C=O) groups excluding carboxylic acids is 1. The molecule has 0 spiro atoms. The molecule has 0 bridgehead atoms. The summed E-state index contributed by atoms with van der Waals surface area (Å²) in [7, 11) is -1.86. The Hall–Kier alpha value is -1.03. The summed E-state index contributed by atoms with van der Waals surface area (Å²) in [5, 5.41) is 0. The lowest BCUT2D eigenvalue weighted by Crippen LogP contribution is -2.39. The van der Waals surface area contributed by atoms with E-state index in [4.69, 9.17) is 8.84 Å². The second kappa shape index (κ2) is 6.23. The molecule has 0 amide bonds. The van der Waals surface area contributed by atoms with E-state index in [1.807, 2.05) is 26.0 Å². The van der Waals surface area contributed by atoms with Gasteiger partial charge in [-0.15, -0.1) is 0 Å². The topological polar surface area (TPSA) is 39.4 Å². The molecule has 1 aromatic heterocycles. The molecule has 0 aliphatic heterocycles. The van der Waals surface area contributed by atoms with E-state index >= 15 is 0 Å². The van der Waals surface area contributed by atoms with Gasteiger partial charge in [0.25, 0.3) is 8.32 Å². The number of aryl methyl sites for hydroxylation is 1. The third kappa shape index (κ3) is 3.25. The fourth-order valence-electron chi connectivity index (χ4n) is 2.07. The summed E-state index contributed by atoms with van der Waals surface area (Å²) in [6.45, 7) is 10.1. The second-order valence-corrected chi connectivity index (χ2v) is 9.53. The van der Waals surface area contributed by atoms with Crippen molar-refractivity contribution in [1.82, 2.24) is 0 Å². The summed E-state index contributed by atoms with van der Waals surface area (Å²) in [6, 6.07) is 6.68. The van der Waals surface area contributed by atoms with Crippen molar-refractivity contribution in [2.24, 2.45) is 0 Å². The van der Waals surface area contributed by atoms with Crippen LogP contribution in [0.15, 0.2) is 16.5 Å². The molecule has 102 valence electrons. The van der Waals surface area contributed by atoms with Gasteiger partial charge >= 0.3 is 5.97 Å². The highest BCUT2D eigenvalue weighted by atomic mass is 28.4. The summed E-state index contributed by atoms with van der Waals surface area (Å²) in [5.41, 5.74) is 0. The molecule has 0 saturated carbocycles. The molecule has 0 fully saturated rings. The highest BCUT2D eigenvalue weighted by Crippen LogP contribution is 2.26. The third-order valence-corrected chi connectivity index (χ3v) is 8.29. The molecule has 0 saturated heterocycles. The zero-order valence-electron chi connectivity index (χ0n) is 12.1. The van der Waals surface area contributed by atoms with Crippen LogP contribution in [0.25, 0.3) is 0 Å². The maximum Gasteiger partial charge on any atom is 0.303 e. The molecule has 1 unspecified atom stereocenters. The Morgan fingerprint density at radius 3 is 2.22 bits per heavy atom. The maximum absolute atomic E-state index is 12.2. The van der Waals surface area contributed by atoms with Gasteiger partial charge in [0, 0.05) is 0 Å². The standard InChI is InChI=1S/C14H24O3Si/c1-6-18(7-2,8-3)17-14(15)12(5)13-10-9-11(4)16-13/h9-10,12H,6-8H2,1-5H3. The van der Waals surface area contributed by atoms with Crippen molar-refractivity contribution in [2.45, 2.75) is 58.7 Å². The smallest absolute Gasteiger partial charge is 0.303 e. The maximum atomic E-state index is 12.2. The van der Waals surface area contributed by atoms with Crippen LogP contribution in [0.5, 0.6) is 0 Å². The molecular formula is C14H24O3Si. The molecule has 0 aliphatic rings. The van der Waals surface area contributed by atoms with E-state index in [0.717, 1.165) is 23.9 Å². The van der Waals surface area contributed by atoms with Crippen LogP contribution in [0.3, 0.4) is 0 Å². The number of hydrogen-bond donors (Lipinski definition) is 0. The molecule has 1 atom stereocenters. The molecule has 1 heterocycles. The van der Waals surface area contributed by atoms with E-state index in [0.29, 0.717) is 5.76 Å². The molecule has 1 aromatic rings. The molecule has 1 rings (SSSR count). The van der Waals surface area contributed by atoms with E-state index in [9.17, 15) is 4.79 Å². The van der Waals surface area contributed by atoms with Gasteiger partial charge in [0.15, 0.2) is 0 Å². The Bertz CT molecular complexity index is 385. The van der Waals surface area contributed by atoms with Crippen molar-refractivity contribution >= 4 is 14.3 Å². The Kier molecular flexibility index (Phi) is 5.20. The lowest BCUT2D eigenvalue weighted by molar-refractivity contribution is -0.137. The Morgan fingerprint density at radius 2 is 1.83 bits per heavy atom. The van der Waals surface area contributed by atoms with Crippen LogP contribution in [0.2, 0.25) is 18.1 Å². The molecule has 0 N–H and O–H groups in total. The molecule has 18 heavy (non-hydrogen) atoms. The van der Waals surface area contributed by atoms with Crippen LogP contribution in [-0.4, -0.2) is 14.3 Å². The van der Waals surface area contributed by atoms with Crippen LogP contribution in [0, 0.1) is 6.92 Å². The van der Waals surface area contributed by atoms with Crippen molar-refractivity contribution < 1.29 is 13.6 Å². The van der Waals surface area contributed by atoms with Gasteiger partial charge in [0.1, 0.15) is 17.4 Å². The summed E-state index contributed by atoms with van der Waals surface area (Å²) in [5.74, 6) is 1.08. The normalized spacial score (nSPS) is 13.4. The van der Waals surface area contributed by atoms with Gasteiger partial charge in [0.05, 0.1) is 0 Å². The fraction of sp³-hybridized carbons (Fsp3) is 0.643. The van der Waals surface area contributed by atoms with Gasteiger partial charge in [-0.3, -0.25) is 4.79 Å². The number of carbonyl (C=O) groups is 1. The Balaban J connectivity index is 2.76. The number of rotatable bonds is 6. The van der Waals surface area contributed by atoms with Gasteiger partial charge in [-0.1, -0.05) is 20.8 Å². The first kappa shape index (κ1) is 15.0. The molecule has 0 aromatic carbocycles. The predicted octanol–water partition coefficient (Wildman–Crippen LogP) is 4.24. The van der Waals surface area contributed by atoms with Crippen LogP contribution < -0.4 is 0 Å². The lowest BCUT2D eigenvalue weighted by Gasteiger charge is -2.28. The van der Waals surface area contributed by atoms with Crippen LogP contribution >= 0.6 is 0 Å². The molecule has 4 heteroatoms. The average molecular weight is 268 g/mol. The van der Waals surface area contributed by atoms with Gasteiger partial charge < -0.3 is 8.84 Å². The number of furan rings is 1. The fourth-order valence-corrected chi connectivity index (χ4v) is 4.61. The lowest BCUT2D eigenvalue weighted by atomic mass is 10.1. The highest BCUT2D eigenvalue weighted by Gasteiger charge is 2.35. The van der Waals surface area contributed by atoms with E-state index in [-0.39, 0.29) is 11.9 Å². The van der Waals surface area contributed by atoms with Crippen molar-refractivity contribution in [1.29, 1.82) is 0 Å². The van der Waals surface area contributed by atoms with E-state index < -0.39 is 8.32 Å². The molecular weight excluding hydrogens is 244 g/mol. The van der Waals surface area contributed by atoms with E-state index in [1.54, 1.807) is 0 Å². The summed E-state index contributed by atoms with van der Waals surface area (Å²) in [6.07, 6.45) is 0. The Morgan fingerprint density at radius 1 is 1.28 bits per heavy atom. The summed E-state index contributed by atoms with van der Waals surface area (Å²) in [4.78, 5) is 12.2. The predicted molar refractivity (Wildman–Crippen MR) is 75.1 cm³/mol. The Labute approximate surface area is 111 Å². The first-order chi connectivity index (χ1) is 8.48. The van der Waals surface area contributed by atoms with Gasteiger partial charge in [-0.05, 0) is 44.1 Å². The van der Waals surface area contributed by atoms with Crippen molar-refractivity contribution in [3.05, 3.63) is 23.7 Å². The first-order valence-corrected chi connectivity index (χ1v) is 9.30. The van der Waals surface area contributed by atoms with Crippen molar-refractivity contribution in [3.8, 4) is 0 Å². The van der Waals surface area contributed by atoms with Gasteiger partial charge in [0.2, 0.25) is 0 Å². The first-order valence-electron chi connectivity index (χ1n) is 6.77. The third-order valence-electron chi connectivity index (χ3n) is 3.79. The van der Waals surface area contributed by atoms with Crippen LogP contribution in [0.1, 0.15) is 45.1 Å². The van der Waals surface area contributed by atoms with E-state index in [1.165, 1.54) is 0 Å². The monoisotopic (exact) mass is 268 g/mol. The largest absolute Gasteiger partial charge is 0.519 e. The summed E-state index contributed by atoms with van der Waals surface area (Å²) < 4.78 is 11.3. The summed E-state index contributed by atoms with van der Waals surface area (Å²) >= 11 is 0. The number of hydrogen-bond acceptors (Lipinski definition) is 3. The van der Waals surface area contributed by atoms with Crippen LogP contribution in [-0.2, 0) is 9.22 Å².